The average Bonchev–Trinajstić information content (AvgIpc) is 2.56. The molecule has 6 nitrogen and oxygen atoms in total. The summed E-state index contributed by atoms with van der Waals surface area (Å²) in [6.07, 6.45) is 3.99. The molecule has 27 heavy (non-hydrogen) atoms. The number of amides is 1. The van der Waals surface area contributed by atoms with E-state index in [1.165, 1.54) is 6.08 Å². The number of anilines is 1. The van der Waals surface area contributed by atoms with E-state index in [0.717, 1.165) is 29.0 Å². The first-order valence-electron chi connectivity index (χ1n) is 8.65. The van der Waals surface area contributed by atoms with E-state index in [1.54, 1.807) is 0 Å². The number of carbonyl (C=O) groups excluding carboxylic acids is 2. The van der Waals surface area contributed by atoms with Crippen LogP contribution in [0.25, 0.3) is 0 Å². The van der Waals surface area contributed by atoms with Crippen molar-refractivity contribution >= 4 is 35.8 Å². The molecule has 0 spiro atoms. The molecular formula is C20H30ClN3O3. The van der Waals surface area contributed by atoms with Crippen molar-refractivity contribution in [2.45, 2.75) is 53.5 Å². The predicted octanol–water partition coefficient (Wildman–Crippen LogP) is 4.42. The Hall–Kier alpha value is -2.34. The van der Waals surface area contributed by atoms with Gasteiger partial charge in [-0.3, -0.25) is 4.79 Å². The monoisotopic (exact) mass is 395 g/mol. The first-order valence-corrected chi connectivity index (χ1v) is 9.03. The highest BCUT2D eigenvalue weighted by Crippen LogP contribution is 2.22. The third-order valence-corrected chi connectivity index (χ3v) is 3.96. The zero-order valence-electron chi connectivity index (χ0n) is 16.6. The minimum Gasteiger partial charge on any atom is -0.512 e. The smallest absolute Gasteiger partial charge is 0.234 e. The van der Waals surface area contributed by atoms with Gasteiger partial charge in [-0.15, -0.1) is 0 Å². The third-order valence-electron chi connectivity index (χ3n) is 3.56. The van der Waals surface area contributed by atoms with Crippen molar-refractivity contribution in [1.82, 2.24) is 0 Å². The fraction of sp³-hybridized carbons (Fsp3) is 0.450. The number of carbonyl (C=O) groups is 2. The number of nitrogens with zero attached hydrogens (tertiary/aromatic N) is 1. The number of aryl methyl sites for hydroxylation is 1. The second kappa shape index (κ2) is 12.1. The van der Waals surface area contributed by atoms with Gasteiger partial charge in [-0.25, -0.2) is 0 Å². The van der Waals surface area contributed by atoms with Gasteiger partial charge in [-0.1, -0.05) is 38.4 Å². The summed E-state index contributed by atoms with van der Waals surface area (Å²) in [5, 5.41) is 13.4. The molecule has 7 heteroatoms. The lowest BCUT2D eigenvalue weighted by atomic mass is 9.93. The third kappa shape index (κ3) is 11.1. The van der Waals surface area contributed by atoms with Crippen LogP contribution in [0.15, 0.2) is 35.0 Å². The second-order valence-electron chi connectivity index (χ2n) is 7.19. The number of nitrogens with two attached hydrogens (primary N) is 1. The quantitative estimate of drug-likeness (QED) is 0.274. The number of amidine groups is 1. The Kier molecular flexibility index (Phi) is 11.1. The minimum atomic E-state index is -0.372. The van der Waals surface area contributed by atoms with E-state index >= 15 is 0 Å². The van der Waals surface area contributed by atoms with Gasteiger partial charge in [0.25, 0.3) is 0 Å². The van der Waals surface area contributed by atoms with Gasteiger partial charge in [-0.2, -0.15) is 4.99 Å². The van der Waals surface area contributed by atoms with Crippen LogP contribution < -0.4 is 11.1 Å². The van der Waals surface area contributed by atoms with Gasteiger partial charge in [0.15, 0.2) is 0 Å². The summed E-state index contributed by atoms with van der Waals surface area (Å²) >= 11 is 6.01. The molecule has 1 atom stereocenters. The summed E-state index contributed by atoms with van der Waals surface area (Å²) in [4.78, 5) is 23.3. The largest absolute Gasteiger partial charge is 0.512 e. The first-order chi connectivity index (χ1) is 12.5. The molecule has 0 bridgehead atoms. The zero-order valence-corrected chi connectivity index (χ0v) is 17.4. The minimum absolute atomic E-state index is 0.0115. The van der Waals surface area contributed by atoms with Crippen LogP contribution in [0.4, 0.5) is 5.69 Å². The van der Waals surface area contributed by atoms with Gasteiger partial charge in [0.1, 0.15) is 17.9 Å². The van der Waals surface area contributed by atoms with E-state index in [-0.39, 0.29) is 23.1 Å². The molecule has 1 unspecified atom stereocenters. The number of hydrogen-bond acceptors (Lipinski definition) is 4. The van der Waals surface area contributed by atoms with Crippen LogP contribution in [0.3, 0.4) is 0 Å². The Labute approximate surface area is 166 Å². The maximum Gasteiger partial charge on any atom is 0.234 e. The summed E-state index contributed by atoms with van der Waals surface area (Å²) in [7, 11) is 0. The Balaban J connectivity index is 0.000000516. The maximum atomic E-state index is 10.2. The van der Waals surface area contributed by atoms with Crippen molar-refractivity contribution in [2.75, 3.05) is 5.32 Å². The molecule has 1 amide bonds. The van der Waals surface area contributed by atoms with E-state index in [2.05, 4.69) is 17.2 Å². The molecule has 0 aliphatic rings. The van der Waals surface area contributed by atoms with Gasteiger partial charge in [0.2, 0.25) is 6.41 Å². The van der Waals surface area contributed by atoms with Crippen molar-refractivity contribution in [3.05, 3.63) is 40.6 Å². The number of benzene rings is 1. The number of aldehydes is 1. The number of allylic oxidation sites excluding steroid dienone is 1. The maximum absolute atomic E-state index is 10.2. The van der Waals surface area contributed by atoms with E-state index < -0.39 is 0 Å². The zero-order chi connectivity index (χ0) is 21.0. The second-order valence-corrected chi connectivity index (χ2v) is 7.60. The molecule has 0 heterocycles. The Morgan fingerprint density at radius 1 is 1.37 bits per heavy atom. The summed E-state index contributed by atoms with van der Waals surface area (Å²) < 4.78 is 0. The number of rotatable bonds is 7. The molecule has 0 aromatic heterocycles. The van der Waals surface area contributed by atoms with Crippen LogP contribution in [0.5, 0.6) is 0 Å². The average molecular weight is 396 g/mol. The normalized spacial score (nSPS) is 13.3. The lowest BCUT2D eigenvalue weighted by molar-refractivity contribution is -0.108. The molecule has 0 saturated heterocycles. The molecule has 0 saturated carbocycles. The van der Waals surface area contributed by atoms with Crippen molar-refractivity contribution in [2.24, 2.45) is 16.1 Å². The van der Waals surface area contributed by atoms with Crippen molar-refractivity contribution < 1.29 is 14.7 Å². The summed E-state index contributed by atoms with van der Waals surface area (Å²) in [6.45, 7) is 9.51. The standard InChI is InChI=1S/C12H16ClNO.C8H14N2O2/c1-9-5-6-11(8-12(9)13)14-10(2)4-3-7-15;1-8(2,3)6(12)4-7(9)10-5-11/h5-8,10,14H,3-4H2,1-2H3;4-5,12H,1-3H3,(H2,9,10,11)/b;6-4-. The van der Waals surface area contributed by atoms with Gasteiger partial charge < -0.3 is 21.0 Å². The number of aliphatic imine (C=N–C) groups is 1. The topological polar surface area (TPSA) is 105 Å². The van der Waals surface area contributed by atoms with Crippen LogP contribution in [0.1, 0.15) is 46.1 Å². The van der Waals surface area contributed by atoms with Crippen molar-refractivity contribution in [1.29, 1.82) is 0 Å². The molecule has 1 aromatic rings. The highest BCUT2D eigenvalue weighted by atomic mass is 35.5. The number of nitrogens with one attached hydrogen (secondary N) is 1. The number of halogens is 1. The highest BCUT2D eigenvalue weighted by molar-refractivity contribution is 6.31. The van der Waals surface area contributed by atoms with Crippen molar-refractivity contribution in [3.8, 4) is 0 Å². The SMILES string of the molecule is CC(C)(C)/C(O)=C/C(N)=NC=O.Cc1ccc(NC(C)CCC=O)cc1Cl. The van der Waals surface area contributed by atoms with Crippen molar-refractivity contribution in [3.63, 3.8) is 0 Å². The number of aliphatic hydroxyl groups excluding tert-OH is 1. The van der Waals surface area contributed by atoms with Crippen LogP contribution >= 0.6 is 11.6 Å². The summed E-state index contributed by atoms with van der Waals surface area (Å²) in [5.41, 5.74) is 6.97. The van der Waals surface area contributed by atoms with Crippen LogP contribution in [0, 0.1) is 12.3 Å². The van der Waals surface area contributed by atoms with E-state index in [9.17, 15) is 14.7 Å². The molecule has 0 aliphatic carbocycles. The summed E-state index contributed by atoms with van der Waals surface area (Å²) in [5.74, 6) is 0.114. The van der Waals surface area contributed by atoms with E-state index in [1.807, 2.05) is 45.9 Å². The fourth-order valence-electron chi connectivity index (χ4n) is 1.81. The Bertz CT molecular complexity index is 680. The molecule has 0 radical (unpaired) electrons. The molecular weight excluding hydrogens is 366 g/mol. The molecule has 1 aromatic carbocycles. The van der Waals surface area contributed by atoms with E-state index in [4.69, 9.17) is 17.3 Å². The molecule has 1 rings (SSSR count). The first kappa shape index (κ1) is 24.7. The van der Waals surface area contributed by atoms with Crippen LogP contribution in [0.2, 0.25) is 5.02 Å². The Morgan fingerprint density at radius 3 is 2.48 bits per heavy atom. The van der Waals surface area contributed by atoms with Gasteiger partial charge in [0, 0.05) is 34.7 Å². The predicted molar refractivity (Wildman–Crippen MR) is 112 cm³/mol. The van der Waals surface area contributed by atoms with Crippen LogP contribution in [-0.4, -0.2) is 29.7 Å². The van der Waals surface area contributed by atoms with Gasteiger partial charge in [-0.05, 0) is 38.0 Å². The number of aliphatic hydroxyl groups is 1. The lowest BCUT2D eigenvalue weighted by Crippen LogP contribution is -2.15. The molecule has 4 N–H and O–H groups in total. The highest BCUT2D eigenvalue weighted by Gasteiger charge is 2.15. The van der Waals surface area contributed by atoms with E-state index in [0.29, 0.717) is 12.8 Å². The summed E-state index contributed by atoms with van der Waals surface area (Å²) in [6, 6.07) is 6.18. The van der Waals surface area contributed by atoms with Crippen LogP contribution in [-0.2, 0) is 9.59 Å². The molecule has 0 fully saturated rings. The van der Waals surface area contributed by atoms with Gasteiger partial charge >= 0.3 is 0 Å². The lowest BCUT2D eigenvalue weighted by Gasteiger charge is -2.16. The molecule has 150 valence electrons. The van der Waals surface area contributed by atoms with Gasteiger partial charge in [0.05, 0.1) is 0 Å². The number of hydrogen-bond donors (Lipinski definition) is 3. The molecule has 0 aliphatic heterocycles. The Morgan fingerprint density at radius 2 is 2.00 bits per heavy atom. The fourth-order valence-corrected chi connectivity index (χ4v) is 1.99.